The van der Waals surface area contributed by atoms with Crippen LogP contribution in [0.2, 0.25) is 0 Å². The average molecular weight is 384 g/mol. The highest BCUT2D eigenvalue weighted by Crippen LogP contribution is 2.30. The van der Waals surface area contributed by atoms with Crippen molar-refractivity contribution < 1.29 is 36.6 Å². The van der Waals surface area contributed by atoms with Crippen LogP contribution in [0, 0.1) is 0 Å². The molecule has 2 rings (SSSR count). The molecule has 4 nitrogen and oxygen atoms in total. The molecule has 0 aliphatic heterocycles. The predicted molar refractivity (Wildman–Crippen MR) is 90.7 cm³/mol. The van der Waals surface area contributed by atoms with E-state index in [0.29, 0.717) is 5.56 Å². The fourth-order valence-electron chi connectivity index (χ4n) is 2.16. The number of ether oxygens (including phenoxy) is 3. The van der Waals surface area contributed by atoms with Crippen molar-refractivity contribution in [3.63, 3.8) is 0 Å². The third kappa shape index (κ3) is 6.32. The maximum Gasteiger partial charge on any atom is 0.387 e. The Hall–Kier alpha value is -3.03. The van der Waals surface area contributed by atoms with Crippen LogP contribution in [0.15, 0.2) is 48.5 Å². The van der Waals surface area contributed by atoms with Crippen molar-refractivity contribution in [2.24, 2.45) is 0 Å². The second-order valence-corrected chi connectivity index (χ2v) is 5.12. The van der Waals surface area contributed by atoms with Crippen LogP contribution < -0.4 is 14.2 Å². The first-order chi connectivity index (χ1) is 12.9. The molecule has 144 valence electrons. The van der Waals surface area contributed by atoms with Crippen LogP contribution >= 0.6 is 0 Å². The number of allylic oxidation sites excluding steroid dienone is 1. The van der Waals surface area contributed by atoms with Gasteiger partial charge in [0.05, 0.1) is 6.61 Å². The molecule has 0 spiro atoms. The minimum atomic E-state index is -2.98. The van der Waals surface area contributed by atoms with Crippen LogP contribution in [0.5, 0.6) is 17.2 Å². The van der Waals surface area contributed by atoms with Crippen LogP contribution in [0.25, 0.3) is 6.08 Å². The Morgan fingerprint density at radius 3 is 2.22 bits per heavy atom. The van der Waals surface area contributed by atoms with Gasteiger partial charge in [-0.05, 0) is 55.0 Å². The number of hydrogen-bond donors (Lipinski definition) is 0. The second kappa shape index (κ2) is 9.61. The average Bonchev–Trinajstić information content (AvgIpc) is 2.61. The van der Waals surface area contributed by atoms with Crippen molar-refractivity contribution in [3.8, 4) is 17.2 Å². The van der Waals surface area contributed by atoms with Gasteiger partial charge < -0.3 is 14.2 Å². The first-order valence-corrected chi connectivity index (χ1v) is 7.88. The molecule has 0 heterocycles. The van der Waals surface area contributed by atoms with Gasteiger partial charge in [0.25, 0.3) is 0 Å². The molecule has 0 bridgehead atoms. The molecule has 0 saturated heterocycles. The Kier molecular flexibility index (Phi) is 7.22. The summed E-state index contributed by atoms with van der Waals surface area (Å²) in [5.74, 6) is -0.406. The molecule has 0 atom stereocenters. The van der Waals surface area contributed by atoms with Gasteiger partial charge in [-0.15, -0.1) is 0 Å². The maximum atomic E-state index is 12.4. The van der Waals surface area contributed by atoms with E-state index in [4.69, 9.17) is 4.74 Å². The Labute approximate surface area is 153 Å². The molecule has 2 aromatic rings. The maximum absolute atomic E-state index is 12.4. The lowest BCUT2D eigenvalue weighted by Gasteiger charge is -2.11. The Morgan fingerprint density at radius 1 is 0.963 bits per heavy atom. The molecule has 0 unspecified atom stereocenters. The van der Waals surface area contributed by atoms with Crippen molar-refractivity contribution in [1.82, 2.24) is 0 Å². The smallest absolute Gasteiger partial charge is 0.387 e. The molecular weight excluding hydrogens is 368 g/mol. The molecule has 8 heteroatoms. The summed E-state index contributed by atoms with van der Waals surface area (Å²) in [6.45, 7) is -3.98. The third-order valence-electron chi connectivity index (χ3n) is 3.27. The minimum absolute atomic E-state index is 0.0542. The van der Waals surface area contributed by atoms with E-state index in [1.54, 1.807) is 6.92 Å². The lowest BCUT2D eigenvalue weighted by molar-refractivity contribution is -0.0516. The number of carbonyl (C=O) groups is 1. The molecule has 0 radical (unpaired) electrons. The van der Waals surface area contributed by atoms with Gasteiger partial charge in [-0.25, -0.2) is 0 Å². The summed E-state index contributed by atoms with van der Waals surface area (Å²) in [7, 11) is 0. The first-order valence-electron chi connectivity index (χ1n) is 7.88. The van der Waals surface area contributed by atoms with Crippen LogP contribution in [-0.2, 0) is 0 Å². The van der Waals surface area contributed by atoms with Gasteiger partial charge in [0, 0.05) is 5.56 Å². The lowest BCUT2D eigenvalue weighted by Crippen LogP contribution is -2.04. The number of halogens is 4. The van der Waals surface area contributed by atoms with Crippen LogP contribution in [0.4, 0.5) is 17.6 Å². The van der Waals surface area contributed by atoms with Crippen molar-refractivity contribution in [2.75, 3.05) is 6.61 Å². The zero-order chi connectivity index (χ0) is 19.8. The topological polar surface area (TPSA) is 44.8 Å². The standard InChI is InChI=1S/C19H16F4O4/c1-2-25-17-11-12(4-10-16(17)27-19(22)23)3-9-15(24)13-5-7-14(8-6-13)26-18(20)21/h3-11,18-19H,2H2,1H3/b9-3+. The summed E-state index contributed by atoms with van der Waals surface area (Å²) in [6.07, 6.45) is 2.74. The van der Waals surface area contributed by atoms with E-state index in [2.05, 4.69) is 9.47 Å². The summed E-state index contributed by atoms with van der Waals surface area (Å²) < 4.78 is 62.9. The van der Waals surface area contributed by atoms with E-state index in [9.17, 15) is 22.4 Å². The lowest BCUT2D eigenvalue weighted by atomic mass is 10.1. The predicted octanol–water partition coefficient (Wildman–Crippen LogP) is 5.18. The molecule has 0 aromatic heterocycles. The van der Waals surface area contributed by atoms with Crippen molar-refractivity contribution in [2.45, 2.75) is 20.1 Å². The molecule has 0 N–H and O–H groups in total. The minimum Gasteiger partial charge on any atom is -0.490 e. The van der Waals surface area contributed by atoms with Crippen LogP contribution in [-0.4, -0.2) is 25.6 Å². The Balaban J connectivity index is 2.11. The fourth-order valence-corrected chi connectivity index (χ4v) is 2.16. The van der Waals surface area contributed by atoms with E-state index in [1.807, 2.05) is 0 Å². The number of hydrogen-bond acceptors (Lipinski definition) is 4. The van der Waals surface area contributed by atoms with Gasteiger partial charge in [-0.1, -0.05) is 12.1 Å². The Bertz CT molecular complexity index is 789. The van der Waals surface area contributed by atoms with Crippen molar-refractivity contribution in [3.05, 3.63) is 59.7 Å². The number of ketones is 1. The molecule has 0 fully saturated rings. The molecule has 0 saturated carbocycles. The molecule has 2 aromatic carbocycles. The highest BCUT2D eigenvalue weighted by Gasteiger charge is 2.11. The molecule has 0 aliphatic carbocycles. The summed E-state index contributed by atoms with van der Waals surface area (Å²) >= 11 is 0. The van der Waals surface area contributed by atoms with Crippen LogP contribution in [0.3, 0.4) is 0 Å². The number of carbonyl (C=O) groups excluding carboxylic acids is 1. The van der Waals surface area contributed by atoms with E-state index in [1.165, 1.54) is 54.6 Å². The largest absolute Gasteiger partial charge is 0.490 e. The second-order valence-electron chi connectivity index (χ2n) is 5.12. The monoisotopic (exact) mass is 384 g/mol. The van der Waals surface area contributed by atoms with E-state index >= 15 is 0 Å². The van der Waals surface area contributed by atoms with Crippen molar-refractivity contribution in [1.29, 1.82) is 0 Å². The summed E-state index contributed by atoms with van der Waals surface area (Å²) in [5.41, 5.74) is 0.807. The van der Waals surface area contributed by atoms with Gasteiger partial charge in [-0.3, -0.25) is 4.79 Å². The zero-order valence-corrected chi connectivity index (χ0v) is 14.2. The zero-order valence-electron chi connectivity index (χ0n) is 14.2. The quantitative estimate of drug-likeness (QED) is 0.339. The molecule has 27 heavy (non-hydrogen) atoms. The van der Waals surface area contributed by atoms with E-state index in [-0.39, 0.29) is 35.2 Å². The van der Waals surface area contributed by atoms with Gasteiger partial charge in [0.2, 0.25) is 0 Å². The number of alkyl halides is 4. The first kappa shape index (κ1) is 20.3. The highest BCUT2D eigenvalue weighted by atomic mass is 19.3. The van der Waals surface area contributed by atoms with Gasteiger partial charge in [-0.2, -0.15) is 17.6 Å². The number of benzene rings is 2. The SMILES string of the molecule is CCOc1cc(/C=C/C(=O)c2ccc(OC(F)F)cc2)ccc1OC(F)F. The molecule has 0 aliphatic rings. The fraction of sp³-hybridized carbons (Fsp3) is 0.211. The number of rotatable bonds is 9. The highest BCUT2D eigenvalue weighted by molar-refractivity contribution is 6.06. The Morgan fingerprint density at radius 2 is 1.63 bits per heavy atom. The van der Waals surface area contributed by atoms with Crippen LogP contribution in [0.1, 0.15) is 22.8 Å². The normalized spacial score (nSPS) is 11.2. The van der Waals surface area contributed by atoms with E-state index in [0.717, 1.165) is 0 Å². The molecule has 0 amide bonds. The summed E-state index contributed by atoms with van der Waals surface area (Å²) in [6, 6.07) is 9.50. The summed E-state index contributed by atoms with van der Waals surface area (Å²) in [4.78, 5) is 12.1. The van der Waals surface area contributed by atoms with Gasteiger partial charge in [0.1, 0.15) is 5.75 Å². The van der Waals surface area contributed by atoms with Gasteiger partial charge >= 0.3 is 13.2 Å². The molecular formula is C19H16F4O4. The van der Waals surface area contributed by atoms with E-state index < -0.39 is 13.2 Å². The third-order valence-corrected chi connectivity index (χ3v) is 3.27. The summed E-state index contributed by atoms with van der Waals surface area (Å²) in [5, 5.41) is 0. The van der Waals surface area contributed by atoms with Crippen molar-refractivity contribution >= 4 is 11.9 Å². The van der Waals surface area contributed by atoms with Gasteiger partial charge in [0.15, 0.2) is 17.3 Å².